The number of nitrogens with two attached hydrogens (primary N) is 1. The van der Waals surface area contributed by atoms with E-state index in [4.69, 9.17) is 22.1 Å². The standard InChI is InChI=1S/C12H16ClNO2S/c1-3-16-11(15)12(2,14)8-17-10-6-4-9(13)5-7-10/h4-7H,3,8,14H2,1-2H3. The Morgan fingerprint density at radius 1 is 1.47 bits per heavy atom. The minimum atomic E-state index is -0.972. The Balaban J connectivity index is 2.54. The van der Waals surface area contributed by atoms with Crippen molar-refractivity contribution in [2.45, 2.75) is 24.3 Å². The van der Waals surface area contributed by atoms with Gasteiger partial charge in [0.2, 0.25) is 0 Å². The van der Waals surface area contributed by atoms with Gasteiger partial charge in [0.25, 0.3) is 0 Å². The van der Waals surface area contributed by atoms with Gasteiger partial charge in [0.1, 0.15) is 5.54 Å². The molecule has 0 bridgehead atoms. The first kappa shape index (κ1) is 14.4. The lowest BCUT2D eigenvalue weighted by Gasteiger charge is -2.21. The summed E-state index contributed by atoms with van der Waals surface area (Å²) < 4.78 is 4.92. The molecule has 2 N–H and O–H groups in total. The Hall–Kier alpha value is -0.710. The maximum Gasteiger partial charge on any atom is 0.326 e. The molecule has 0 aromatic heterocycles. The number of halogens is 1. The number of carbonyl (C=O) groups excluding carboxylic acids is 1. The van der Waals surface area contributed by atoms with Gasteiger partial charge in [-0.15, -0.1) is 11.8 Å². The summed E-state index contributed by atoms with van der Waals surface area (Å²) in [5.74, 6) is 0.0921. The van der Waals surface area contributed by atoms with Gasteiger partial charge < -0.3 is 10.5 Å². The van der Waals surface area contributed by atoms with Crippen LogP contribution in [-0.4, -0.2) is 23.9 Å². The minimum absolute atomic E-state index is 0.344. The Kier molecular flexibility index (Phi) is 5.31. The van der Waals surface area contributed by atoms with Gasteiger partial charge in [0, 0.05) is 15.7 Å². The molecule has 0 amide bonds. The second-order valence-corrected chi connectivity index (χ2v) is 5.37. The predicted octanol–water partition coefficient (Wildman–Crippen LogP) is 2.71. The van der Waals surface area contributed by atoms with Crippen LogP contribution in [0.4, 0.5) is 0 Å². The van der Waals surface area contributed by atoms with Crippen LogP contribution in [0.5, 0.6) is 0 Å². The van der Waals surface area contributed by atoms with E-state index in [0.717, 1.165) is 4.90 Å². The van der Waals surface area contributed by atoms with Crippen LogP contribution in [-0.2, 0) is 9.53 Å². The van der Waals surface area contributed by atoms with Gasteiger partial charge in [-0.25, -0.2) is 0 Å². The van der Waals surface area contributed by atoms with Crippen LogP contribution in [0, 0.1) is 0 Å². The molecule has 1 unspecified atom stereocenters. The van der Waals surface area contributed by atoms with Gasteiger partial charge in [-0.2, -0.15) is 0 Å². The molecular formula is C12H16ClNO2S. The van der Waals surface area contributed by atoms with Crippen molar-refractivity contribution >= 4 is 29.3 Å². The second kappa shape index (κ2) is 6.28. The molecule has 0 spiro atoms. The summed E-state index contributed by atoms with van der Waals surface area (Å²) >= 11 is 7.29. The van der Waals surface area contributed by atoms with Crippen molar-refractivity contribution in [3.63, 3.8) is 0 Å². The number of hydrogen-bond acceptors (Lipinski definition) is 4. The zero-order valence-electron chi connectivity index (χ0n) is 9.90. The molecule has 0 saturated carbocycles. The summed E-state index contributed by atoms with van der Waals surface area (Å²) in [5, 5.41) is 0.690. The van der Waals surface area contributed by atoms with Crippen LogP contribution in [0.3, 0.4) is 0 Å². The van der Waals surface area contributed by atoms with E-state index in [-0.39, 0.29) is 5.97 Å². The van der Waals surface area contributed by atoms with E-state index < -0.39 is 5.54 Å². The molecule has 0 aliphatic carbocycles. The molecule has 5 heteroatoms. The Labute approximate surface area is 111 Å². The number of carbonyl (C=O) groups is 1. The van der Waals surface area contributed by atoms with Crippen LogP contribution in [0.1, 0.15) is 13.8 Å². The number of benzene rings is 1. The molecule has 17 heavy (non-hydrogen) atoms. The fraction of sp³-hybridized carbons (Fsp3) is 0.417. The molecule has 94 valence electrons. The van der Waals surface area contributed by atoms with E-state index in [1.807, 2.05) is 24.3 Å². The quantitative estimate of drug-likeness (QED) is 0.662. The lowest BCUT2D eigenvalue weighted by molar-refractivity contribution is -0.148. The molecule has 1 rings (SSSR count). The highest BCUT2D eigenvalue weighted by molar-refractivity contribution is 7.99. The number of rotatable bonds is 5. The minimum Gasteiger partial charge on any atom is -0.465 e. The van der Waals surface area contributed by atoms with Gasteiger partial charge in [-0.1, -0.05) is 11.6 Å². The largest absolute Gasteiger partial charge is 0.465 e. The highest BCUT2D eigenvalue weighted by Gasteiger charge is 2.29. The first-order chi connectivity index (χ1) is 7.95. The van der Waals surface area contributed by atoms with E-state index >= 15 is 0 Å². The van der Waals surface area contributed by atoms with E-state index in [2.05, 4.69) is 0 Å². The first-order valence-corrected chi connectivity index (χ1v) is 6.66. The van der Waals surface area contributed by atoms with E-state index in [1.165, 1.54) is 11.8 Å². The molecule has 1 aromatic carbocycles. The van der Waals surface area contributed by atoms with Crippen LogP contribution in [0.15, 0.2) is 29.2 Å². The summed E-state index contributed by atoms with van der Waals surface area (Å²) in [6, 6.07) is 7.41. The zero-order chi connectivity index (χ0) is 12.9. The fourth-order valence-corrected chi connectivity index (χ4v) is 2.16. The topological polar surface area (TPSA) is 52.3 Å². The number of hydrogen-bond donors (Lipinski definition) is 1. The lowest BCUT2D eigenvalue weighted by atomic mass is 10.1. The van der Waals surface area contributed by atoms with E-state index in [1.54, 1.807) is 13.8 Å². The monoisotopic (exact) mass is 273 g/mol. The molecule has 0 saturated heterocycles. The molecule has 0 aliphatic rings. The Bertz CT molecular complexity index is 379. The smallest absolute Gasteiger partial charge is 0.326 e. The normalized spacial score (nSPS) is 14.1. The maximum absolute atomic E-state index is 11.6. The number of ether oxygens (including phenoxy) is 1. The molecule has 0 radical (unpaired) electrons. The van der Waals surface area contributed by atoms with Crippen molar-refractivity contribution in [3.8, 4) is 0 Å². The van der Waals surface area contributed by atoms with E-state index in [0.29, 0.717) is 17.4 Å². The molecule has 0 heterocycles. The third kappa shape index (κ3) is 4.58. The van der Waals surface area contributed by atoms with Crippen molar-refractivity contribution in [1.82, 2.24) is 0 Å². The Morgan fingerprint density at radius 3 is 2.59 bits per heavy atom. The van der Waals surface area contributed by atoms with Gasteiger partial charge in [-0.3, -0.25) is 4.79 Å². The van der Waals surface area contributed by atoms with Crippen molar-refractivity contribution in [2.24, 2.45) is 5.73 Å². The fourth-order valence-electron chi connectivity index (χ4n) is 1.12. The van der Waals surface area contributed by atoms with Crippen molar-refractivity contribution in [3.05, 3.63) is 29.3 Å². The maximum atomic E-state index is 11.6. The summed E-state index contributed by atoms with van der Waals surface area (Å²) in [6.45, 7) is 3.78. The molecule has 3 nitrogen and oxygen atoms in total. The van der Waals surface area contributed by atoms with Gasteiger partial charge in [0.15, 0.2) is 0 Å². The van der Waals surface area contributed by atoms with Gasteiger partial charge >= 0.3 is 5.97 Å². The van der Waals surface area contributed by atoms with Crippen molar-refractivity contribution < 1.29 is 9.53 Å². The molecule has 0 aliphatic heterocycles. The highest BCUT2D eigenvalue weighted by Crippen LogP contribution is 2.23. The van der Waals surface area contributed by atoms with Crippen molar-refractivity contribution in [1.29, 1.82) is 0 Å². The third-order valence-corrected chi connectivity index (χ3v) is 3.70. The van der Waals surface area contributed by atoms with Crippen LogP contribution in [0.2, 0.25) is 5.02 Å². The molecule has 0 fully saturated rings. The predicted molar refractivity (Wildman–Crippen MR) is 71.4 cm³/mol. The summed E-state index contributed by atoms with van der Waals surface area (Å²) in [5.41, 5.74) is 4.93. The lowest BCUT2D eigenvalue weighted by Crippen LogP contribution is -2.48. The summed E-state index contributed by atoms with van der Waals surface area (Å²) in [4.78, 5) is 12.6. The molecular weight excluding hydrogens is 258 g/mol. The first-order valence-electron chi connectivity index (χ1n) is 5.30. The molecule has 1 aromatic rings. The summed E-state index contributed by atoms with van der Waals surface area (Å²) in [6.07, 6.45) is 0. The summed E-state index contributed by atoms with van der Waals surface area (Å²) in [7, 11) is 0. The van der Waals surface area contributed by atoms with E-state index in [9.17, 15) is 4.79 Å². The van der Waals surface area contributed by atoms with Crippen molar-refractivity contribution in [2.75, 3.05) is 12.4 Å². The zero-order valence-corrected chi connectivity index (χ0v) is 11.5. The third-order valence-electron chi connectivity index (χ3n) is 2.09. The molecule has 1 atom stereocenters. The second-order valence-electron chi connectivity index (χ2n) is 3.88. The van der Waals surface area contributed by atoms with Crippen LogP contribution in [0.25, 0.3) is 0 Å². The average Bonchev–Trinajstić information content (AvgIpc) is 2.29. The van der Waals surface area contributed by atoms with Gasteiger partial charge in [0.05, 0.1) is 6.61 Å². The van der Waals surface area contributed by atoms with Crippen LogP contribution < -0.4 is 5.73 Å². The van der Waals surface area contributed by atoms with Crippen LogP contribution >= 0.6 is 23.4 Å². The Morgan fingerprint density at radius 2 is 2.06 bits per heavy atom. The van der Waals surface area contributed by atoms with Gasteiger partial charge in [-0.05, 0) is 38.1 Å². The SMILES string of the molecule is CCOC(=O)C(C)(N)CSc1ccc(Cl)cc1. The number of esters is 1. The highest BCUT2D eigenvalue weighted by atomic mass is 35.5. The average molecular weight is 274 g/mol. The number of thioether (sulfide) groups is 1.